The normalized spacial score (nSPS) is 15.3. The molecule has 0 saturated heterocycles. The molecule has 1 aliphatic heterocycles. The lowest BCUT2D eigenvalue weighted by molar-refractivity contribution is -0.117. The summed E-state index contributed by atoms with van der Waals surface area (Å²) in [6.45, 7) is 5.87. The van der Waals surface area contributed by atoms with Crippen LogP contribution in [-0.4, -0.2) is 35.1 Å². The minimum absolute atomic E-state index is 0.187. The molecule has 1 heterocycles. The van der Waals surface area contributed by atoms with Crippen LogP contribution < -0.4 is 19.1 Å². The summed E-state index contributed by atoms with van der Waals surface area (Å²) in [6, 6.07) is 9.17. The standard InChI is InChI=1S/C27H35FN2O5S/c1-6-8-11-19(7-2)16-29-27(31)26-18(3)21-14-24(34-4)25(35-5)15-23(21)30(36(26,32)33)17-20-12-9-10-13-22(20)28/h9-10,12-15,19H,6-8,11,16-17H2,1-5H3,(H,29,31). The molecule has 1 amide bonds. The lowest BCUT2D eigenvalue weighted by atomic mass is 9.99. The molecular formula is C27H35FN2O5S. The number of nitrogens with one attached hydrogen (secondary N) is 1. The van der Waals surface area contributed by atoms with Gasteiger partial charge >= 0.3 is 0 Å². The molecule has 0 aliphatic carbocycles. The number of allylic oxidation sites excluding steroid dienone is 1. The molecule has 7 nitrogen and oxygen atoms in total. The van der Waals surface area contributed by atoms with Crippen LogP contribution in [0.15, 0.2) is 41.3 Å². The highest BCUT2D eigenvalue weighted by molar-refractivity contribution is 7.97. The average Bonchev–Trinajstić information content (AvgIpc) is 2.86. The van der Waals surface area contributed by atoms with E-state index in [1.165, 1.54) is 32.4 Å². The quantitative estimate of drug-likeness (QED) is 0.439. The number of carbonyl (C=O) groups excluding carboxylic acids is 1. The van der Waals surface area contributed by atoms with Crippen molar-refractivity contribution in [2.45, 2.75) is 53.0 Å². The third-order valence-corrected chi connectivity index (χ3v) is 8.55. The molecule has 2 aromatic carbocycles. The highest BCUT2D eigenvalue weighted by Gasteiger charge is 2.40. The lowest BCUT2D eigenvalue weighted by Gasteiger charge is -2.33. The van der Waals surface area contributed by atoms with Crippen molar-refractivity contribution in [1.82, 2.24) is 5.32 Å². The number of hydrogen-bond donors (Lipinski definition) is 1. The number of halogens is 1. The van der Waals surface area contributed by atoms with Gasteiger partial charge in [0.1, 0.15) is 5.82 Å². The summed E-state index contributed by atoms with van der Waals surface area (Å²) in [5.41, 5.74) is 1.28. The maximum absolute atomic E-state index is 14.6. The first-order valence-corrected chi connectivity index (χ1v) is 13.6. The second-order valence-electron chi connectivity index (χ2n) is 8.91. The molecule has 0 bridgehead atoms. The third-order valence-electron chi connectivity index (χ3n) is 6.64. The van der Waals surface area contributed by atoms with Crippen molar-refractivity contribution < 1.29 is 27.1 Å². The van der Waals surface area contributed by atoms with Crippen molar-refractivity contribution in [3.63, 3.8) is 0 Å². The van der Waals surface area contributed by atoms with Crippen molar-refractivity contribution in [3.8, 4) is 11.5 Å². The fourth-order valence-corrected chi connectivity index (χ4v) is 6.17. The summed E-state index contributed by atoms with van der Waals surface area (Å²) in [4.78, 5) is 13.0. The number of anilines is 1. The molecular weight excluding hydrogens is 483 g/mol. The van der Waals surface area contributed by atoms with Gasteiger partial charge in [0.05, 0.1) is 26.5 Å². The minimum atomic E-state index is -4.32. The van der Waals surface area contributed by atoms with Gasteiger partial charge in [-0.25, -0.2) is 12.8 Å². The number of rotatable bonds is 11. The van der Waals surface area contributed by atoms with E-state index in [1.54, 1.807) is 25.1 Å². The topological polar surface area (TPSA) is 84.9 Å². The van der Waals surface area contributed by atoms with Gasteiger partial charge in [-0.3, -0.25) is 9.10 Å². The monoisotopic (exact) mass is 518 g/mol. The first-order valence-electron chi connectivity index (χ1n) is 12.2. The Kier molecular flexibility index (Phi) is 9.00. The van der Waals surface area contributed by atoms with Crippen molar-refractivity contribution in [2.24, 2.45) is 5.92 Å². The predicted molar refractivity (Wildman–Crippen MR) is 140 cm³/mol. The van der Waals surface area contributed by atoms with E-state index in [4.69, 9.17) is 9.47 Å². The van der Waals surface area contributed by atoms with Crippen LogP contribution in [0.1, 0.15) is 57.6 Å². The summed E-state index contributed by atoms with van der Waals surface area (Å²) in [5, 5.41) is 2.84. The van der Waals surface area contributed by atoms with Crippen molar-refractivity contribution >= 4 is 27.2 Å². The predicted octanol–water partition coefficient (Wildman–Crippen LogP) is 5.26. The molecule has 0 saturated carbocycles. The molecule has 0 aromatic heterocycles. The van der Waals surface area contributed by atoms with Crippen LogP contribution in [0.25, 0.3) is 5.57 Å². The van der Waals surface area contributed by atoms with Gasteiger partial charge < -0.3 is 14.8 Å². The molecule has 9 heteroatoms. The Bertz CT molecular complexity index is 1240. The van der Waals surface area contributed by atoms with Crippen LogP contribution in [0.3, 0.4) is 0 Å². The number of fused-ring (bicyclic) bond motifs is 1. The van der Waals surface area contributed by atoms with Gasteiger partial charge in [0.25, 0.3) is 15.9 Å². The van der Waals surface area contributed by atoms with Crippen LogP contribution in [0.5, 0.6) is 11.5 Å². The smallest absolute Gasteiger partial charge is 0.270 e. The van der Waals surface area contributed by atoms with E-state index in [0.29, 0.717) is 34.9 Å². The Balaban J connectivity index is 2.11. The summed E-state index contributed by atoms with van der Waals surface area (Å²) in [5.74, 6) is -0.221. The molecule has 1 unspecified atom stereocenters. The van der Waals surface area contributed by atoms with E-state index in [2.05, 4.69) is 19.2 Å². The maximum atomic E-state index is 14.6. The van der Waals surface area contributed by atoms with Crippen LogP contribution in [0.4, 0.5) is 10.1 Å². The van der Waals surface area contributed by atoms with Gasteiger partial charge in [-0.15, -0.1) is 0 Å². The Morgan fingerprint density at radius 2 is 1.78 bits per heavy atom. The maximum Gasteiger partial charge on any atom is 0.270 e. The first-order chi connectivity index (χ1) is 17.2. The Labute approximate surface area is 213 Å². The van der Waals surface area contributed by atoms with Crippen molar-refractivity contribution in [3.05, 3.63) is 58.2 Å². The second-order valence-corrected chi connectivity index (χ2v) is 10.7. The molecule has 36 heavy (non-hydrogen) atoms. The highest BCUT2D eigenvalue weighted by Crippen LogP contribution is 2.45. The van der Waals surface area contributed by atoms with Gasteiger partial charge in [-0.2, -0.15) is 0 Å². The van der Waals surface area contributed by atoms with Gasteiger partial charge in [0, 0.05) is 23.7 Å². The number of benzene rings is 2. The van der Waals surface area contributed by atoms with Gasteiger partial charge in [0.2, 0.25) is 0 Å². The number of amides is 1. The van der Waals surface area contributed by atoms with Crippen LogP contribution >= 0.6 is 0 Å². The van der Waals surface area contributed by atoms with Crippen LogP contribution in [-0.2, 0) is 21.4 Å². The number of carbonyl (C=O) groups is 1. The van der Waals surface area contributed by atoms with E-state index in [0.717, 1.165) is 30.0 Å². The number of hydrogen-bond acceptors (Lipinski definition) is 5. The van der Waals surface area contributed by atoms with E-state index >= 15 is 0 Å². The summed E-state index contributed by atoms with van der Waals surface area (Å²) >= 11 is 0. The minimum Gasteiger partial charge on any atom is -0.493 e. The fraction of sp³-hybridized carbons (Fsp3) is 0.444. The van der Waals surface area contributed by atoms with Crippen molar-refractivity contribution in [2.75, 3.05) is 25.1 Å². The molecule has 1 aliphatic rings. The van der Waals surface area contributed by atoms with Crippen molar-refractivity contribution in [1.29, 1.82) is 0 Å². The van der Waals surface area contributed by atoms with Gasteiger partial charge in [0.15, 0.2) is 16.4 Å². The number of sulfonamides is 1. The van der Waals surface area contributed by atoms with Gasteiger partial charge in [-0.1, -0.05) is 51.3 Å². The number of unbranched alkanes of at least 4 members (excludes halogenated alkanes) is 1. The zero-order chi connectivity index (χ0) is 26.5. The molecule has 1 N–H and O–H groups in total. The van der Waals surface area contributed by atoms with E-state index in [9.17, 15) is 17.6 Å². The molecule has 3 rings (SSSR count). The summed E-state index contributed by atoms with van der Waals surface area (Å²) in [7, 11) is -1.39. The number of ether oxygens (including phenoxy) is 2. The fourth-order valence-electron chi connectivity index (χ4n) is 4.43. The summed E-state index contributed by atoms with van der Waals surface area (Å²) < 4.78 is 54.2. The molecule has 196 valence electrons. The van der Waals surface area contributed by atoms with Crippen LogP contribution in [0, 0.1) is 11.7 Å². The first kappa shape index (κ1) is 27.5. The van der Waals surface area contributed by atoms with Gasteiger partial charge in [-0.05, 0) is 37.0 Å². The Morgan fingerprint density at radius 1 is 1.11 bits per heavy atom. The van der Waals surface area contributed by atoms with E-state index in [1.807, 2.05) is 0 Å². The van der Waals surface area contributed by atoms with E-state index < -0.39 is 21.7 Å². The molecule has 1 atom stereocenters. The zero-order valence-electron chi connectivity index (χ0n) is 21.6. The Hall–Kier alpha value is -3.07. The average molecular weight is 519 g/mol. The number of methoxy groups -OCH3 is 2. The van der Waals surface area contributed by atoms with Crippen LogP contribution in [0.2, 0.25) is 0 Å². The molecule has 0 fully saturated rings. The third kappa shape index (κ3) is 5.51. The second kappa shape index (κ2) is 11.8. The Morgan fingerprint density at radius 3 is 2.39 bits per heavy atom. The van der Waals surface area contributed by atoms with E-state index in [-0.39, 0.29) is 22.9 Å². The number of nitrogens with zero attached hydrogens (tertiary/aromatic N) is 1. The molecule has 2 aromatic rings. The lowest BCUT2D eigenvalue weighted by Crippen LogP contribution is -2.42. The molecule has 0 spiro atoms. The largest absolute Gasteiger partial charge is 0.493 e. The summed E-state index contributed by atoms with van der Waals surface area (Å²) in [6.07, 6.45) is 3.93. The highest BCUT2D eigenvalue weighted by atomic mass is 32.2. The zero-order valence-corrected chi connectivity index (χ0v) is 22.4. The molecule has 0 radical (unpaired) electrons. The SMILES string of the molecule is CCCCC(CC)CNC(=O)C1=C(C)c2cc(OC)c(OC)cc2N(Cc2ccccc2F)S1(=O)=O.